The molecule has 2 aromatic rings. The number of esters is 1. The van der Waals surface area contributed by atoms with Crippen LogP contribution >= 0.6 is 11.6 Å². The van der Waals surface area contributed by atoms with Gasteiger partial charge < -0.3 is 14.4 Å². The SMILES string of the molecule is COc1ccccc1CN(C)C(=O)COC(=O)/C=C/c1ccc(F)c(Cl)c1. The Hall–Kier alpha value is -2.86. The first-order valence-electron chi connectivity index (χ1n) is 8.06. The van der Waals surface area contributed by atoms with Crippen LogP contribution in [0.5, 0.6) is 5.75 Å². The molecule has 0 unspecified atom stereocenters. The van der Waals surface area contributed by atoms with Crippen molar-refractivity contribution >= 4 is 29.6 Å². The maximum absolute atomic E-state index is 13.1. The van der Waals surface area contributed by atoms with Gasteiger partial charge in [0.2, 0.25) is 0 Å². The highest BCUT2D eigenvalue weighted by Crippen LogP contribution is 2.19. The van der Waals surface area contributed by atoms with Crippen LogP contribution in [-0.2, 0) is 20.9 Å². The summed E-state index contributed by atoms with van der Waals surface area (Å²) in [7, 11) is 3.17. The smallest absolute Gasteiger partial charge is 0.331 e. The lowest BCUT2D eigenvalue weighted by atomic mass is 10.2. The Morgan fingerprint density at radius 1 is 1.22 bits per heavy atom. The Kier molecular flexibility index (Phi) is 7.37. The molecule has 7 heteroatoms. The van der Waals surface area contributed by atoms with Gasteiger partial charge >= 0.3 is 5.97 Å². The normalized spacial score (nSPS) is 10.7. The van der Waals surface area contributed by atoms with Gasteiger partial charge in [0.05, 0.1) is 12.1 Å². The number of carbonyl (C=O) groups excluding carboxylic acids is 2. The maximum Gasteiger partial charge on any atom is 0.331 e. The average Bonchev–Trinajstić information content (AvgIpc) is 2.67. The Labute approximate surface area is 161 Å². The molecule has 0 saturated heterocycles. The van der Waals surface area contributed by atoms with Crippen molar-refractivity contribution in [2.45, 2.75) is 6.54 Å². The molecule has 2 rings (SSSR count). The first-order chi connectivity index (χ1) is 12.9. The van der Waals surface area contributed by atoms with Crippen LogP contribution in [0.25, 0.3) is 6.08 Å². The van der Waals surface area contributed by atoms with Crippen LogP contribution in [0.4, 0.5) is 4.39 Å². The second kappa shape index (κ2) is 9.73. The van der Waals surface area contributed by atoms with E-state index in [1.807, 2.05) is 18.2 Å². The maximum atomic E-state index is 13.1. The highest BCUT2D eigenvalue weighted by molar-refractivity contribution is 6.30. The van der Waals surface area contributed by atoms with Crippen LogP contribution in [0, 0.1) is 5.82 Å². The minimum atomic E-state index is -0.686. The third-order valence-corrected chi connectivity index (χ3v) is 4.01. The quantitative estimate of drug-likeness (QED) is 0.533. The molecule has 0 heterocycles. The van der Waals surface area contributed by atoms with Gasteiger partial charge in [0, 0.05) is 25.2 Å². The van der Waals surface area contributed by atoms with Crippen molar-refractivity contribution in [2.24, 2.45) is 0 Å². The molecule has 0 saturated carbocycles. The molecule has 27 heavy (non-hydrogen) atoms. The van der Waals surface area contributed by atoms with E-state index in [1.165, 1.54) is 29.2 Å². The molecule has 2 aromatic carbocycles. The summed E-state index contributed by atoms with van der Waals surface area (Å²) in [6, 6.07) is 11.4. The van der Waals surface area contributed by atoms with Gasteiger partial charge in [-0.3, -0.25) is 4.79 Å². The molecule has 0 aliphatic rings. The zero-order chi connectivity index (χ0) is 19.8. The molecule has 0 aliphatic carbocycles. The van der Waals surface area contributed by atoms with Gasteiger partial charge in [-0.1, -0.05) is 35.9 Å². The summed E-state index contributed by atoms with van der Waals surface area (Å²) in [6.07, 6.45) is 2.58. The van der Waals surface area contributed by atoms with Crippen LogP contribution in [-0.4, -0.2) is 37.5 Å². The van der Waals surface area contributed by atoms with E-state index in [-0.39, 0.29) is 17.5 Å². The van der Waals surface area contributed by atoms with Gasteiger partial charge in [-0.25, -0.2) is 9.18 Å². The lowest BCUT2D eigenvalue weighted by Crippen LogP contribution is -2.30. The first kappa shape index (κ1) is 20.5. The number of hydrogen-bond acceptors (Lipinski definition) is 4. The minimum Gasteiger partial charge on any atom is -0.496 e. The van der Waals surface area contributed by atoms with Crippen molar-refractivity contribution in [3.05, 3.63) is 70.5 Å². The third kappa shape index (κ3) is 6.11. The first-order valence-corrected chi connectivity index (χ1v) is 8.44. The summed E-state index contributed by atoms with van der Waals surface area (Å²) in [4.78, 5) is 25.3. The molecule has 0 spiro atoms. The number of halogens is 2. The van der Waals surface area contributed by atoms with Gasteiger partial charge in [-0.05, 0) is 29.8 Å². The Morgan fingerprint density at radius 3 is 2.67 bits per heavy atom. The molecular formula is C20H19ClFNO4. The number of rotatable bonds is 7. The molecule has 1 amide bonds. The lowest BCUT2D eigenvalue weighted by Gasteiger charge is -2.18. The number of methoxy groups -OCH3 is 1. The van der Waals surface area contributed by atoms with Gasteiger partial charge in [-0.15, -0.1) is 0 Å². The van der Waals surface area contributed by atoms with Crippen molar-refractivity contribution in [1.82, 2.24) is 4.90 Å². The molecule has 0 radical (unpaired) electrons. The summed E-state index contributed by atoms with van der Waals surface area (Å²) in [5, 5.41) is -0.0429. The molecule has 0 atom stereocenters. The molecule has 0 N–H and O–H groups in total. The number of para-hydroxylation sites is 1. The molecule has 0 aromatic heterocycles. The molecule has 142 valence electrons. The Morgan fingerprint density at radius 2 is 1.96 bits per heavy atom. The van der Waals surface area contributed by atoms with Crippen LogP contribution in [0.15, 0.2) is 48.5 Å². The third-order valence-electron chi connectivity index (χ3n) is 3.72. The van der Waals surface area contributed by atoms with Crippen LogP contribution in [0.3, 0.4) is 0 Å². The lowest BCUT2D eigenvalue weighted by molar-refractivity contribution is -0.147. The number of likely N-dealkylation sites (N-methyl/N-ethyl adjacent to an activating group) is 1. The second-order valence-corrected chi connectivity index (χ2v) is 6.08. The van der Waals surface area contributed by atoms with Gasteiger partial charge in [0.25, 0.3) is 5.91 Å². The van der Waals surface area contributed by atoms with Crippen molar-refractivity contribution in [2.75, 3.05) is 20.8 Å². The minimum absolute atomic E-state index is 0.0429. The number of amides is 1. The number of carbonyl (C=O) groups is 2. The topological polar surface area (TPSA) is 55.8 Å². The summed E-state index contributed by atoms with van der Waals surface area (Å²) in [5.74, 6) is -0.905. The highest BCUT2D eigenvalue weighted by Gasteiger charge is 2.13. The fourth-order valence-electron chi connectivity index (χ4n) is 2.25. The van der Waals surface area contributed by atoms with Gasteiger partial charge in [0.15, 0.2) is 6.61 Å². The molecule has 0 bridgehead atoms. The van der Waals surface area contributed by atoms with Gasteiger partial charge in [0.1, 0.15) is 11.6 Å². The number of nitrogens with zero attached hydrogens (tertiary/aromatic N) is 1. The van der Waals surface area contributed by atoms with E-state index in [0.717, 1.165) is 11.6 Å². The summed E-state index contributed by atoms with van der Waals surface area (Å²) in [5.41, 5.74) is 1.38. The van der Waals surface area contributed by atoms with E-state index in [0.29, 0.717) is 17.9 Å². The number of benzene rings is 2. The van der Waals surface area contributed by atoms with E-state index in [9.17, 15) is 14.0 Å². The Balaban J connectivity index is 1.85. The van der Waals surface area contributed by atoms with Crippen molar-refractivity contribution in [3.8, 4) is 5.75 Å². The standard InChI is InChI=1S/C20H19ClFNO4/c1-23(12-15-5-3-4-6-18(15)26-2)19(24)13-27-20(25)10-8-14-7-9-17(22)16(21)11-14/h3-11H,12-13H2,1-2H3/b10-8+. The largest absolute Gasteiger partial charge is 0.496 e. The molecule has 0 aliphatic heterocycles. The second-order valence-electron chi connectivity index (χ2n) is 5.68. The van der Waals surface area contributed by atoms with Crippen molar-refractivity contribution in [1.29, 1.82) is 0 Å². The molecule has 5 nitrogen and oxygen atoms in total. The summed E-state index contributed by atoms with van der Waals surface area (Å²) < 4.78 is 23.3. The average molecular weight is 392 g/mol. The van der Waals surface area contributed by atoms with E-state index in [2.05, 4.69) is 0 Å². The van der Waals surface area contributed by atoms with Crippen molar-refractivity contribution in [3.63, 3.8) is 0 Å². The highest BCUT2D eigenvalue weighted by atomic mass is 35.5. The predicted octanol–water partition coefficient (Wildman–Crippen LogP) is 3.70. The van der Waals surface area contributed by atoms with Gasteiger partial charge in [-0.2, -0.15) is 0 Å². The molecular weight excluding hydrogens is 373 g/mol. The van der Waals surface area contributed by atoms with Crippen LogP contribution in [0.2, 0.25) is 5.02 Å². The van der Waals surface area contributed by atoms with E-state index in [4.69, 9.17) is 21.1 Å². The van der Waals surface area contributed by atoms with E-state index >= 15 is 0 Å². The summed E-state index contributed by atoms with van der Waals surface area (Å²) in [6.45, 7) is -0.0662. The monoisotopic (exact) mass is 391 g/mol. The van der Waals surface area contributed by atoms with Crippen LogP contribution in [0.1, 0.15) is 11.1 Å². The molecule has 0 fully saturated rings. The zero-order valence-electron chi connectivity index (χ0n) is 14.9. The fourth-order valence-corrected chi connectivity index (χ4v) is 2.44. The predicted molar refractivity (Wildman–Crippen MR) is 101 cm³/mol. The fraction of sp³-hybridized carbons (Fsp3) is 0.200. The number of hydrogen-bond donors (Lipinski definition) is 0. The van der Waals surface area contributed by atoms with E-state index in [1.54, 1.807) is 20.2 Å². The number of ether oxygens (including phenoxy) is 2. The zero-order valence-corrected chi connectivity index (χ0v) is 15.7. The summed E-state index contributed by atoms with van der Waals surface area (Å²) >= 11 is 5.67. The van der Waals surface area contributed by atoms with E-state index < -0.39 is 11.8 Å². The van der Waals surface area contributed by atoms with Crippen molar-refractivity contribution < 1.29 is 23.5 Å². The van der Waals surface area contributed by atoms with Crippen LogP contribution < -0.4 is 4.74 Å². The Bertz CT molecular complexity index is 854.